The summed E-state index contributed by atoms with van der Waals surface area (Å²) in [6, 6.07) is 2.84. The van der Waals surface area contributed by atoms with Crippen LogP contribution in [-0.2, 0) is 0 Å². The van der Waals surface area contributed by atoms with Gasteiger partial charge in [-0.2, -0.15) is 0 Å². The monoisotopic (exact) mass is 286 g/mol. The van der Waals surface area contributed by atoms with Crippen molar-refractivity contribution in [2.75, 3.05) is 6.54 Å². The lowest BCUT2D eigenvalue weighted by Gasteiger charge is -2.14. The average Bonchev–Trinajstić information content (AvgIpc) is 2.26. The van der Waals surface area contributed by atoms with Gasteiger partial charge in [0.15, 0.2) is 0 Å². The van der Waals surface area contributed by atoms with E-state index in [1.807, 2.05) is 0 Å². The minimum Gasteiger partial charge on any atom is -0.351 e. The highest BCUT2D eigenvalue weighted by molar-refractivity contribution is 9.09. The molecule has 1 atom stereocenters. The standard InChI is InChI=1S/C11H15BrN2O2/c1-7(2)9(12)6-14-11(16)8-3-4-10(15)13-5-8/h3-5,7,9H,6H2,1-2H3,(H,13,15)(H,14,16). The number of hydrogen-bond donors (Lipinski definition) is 2. The fraction of sp³-hybridized carbons (Fsp3) is 0.455. The maximum absolute atomic E-state index is 11.6. The summed E-state index contributed by atoms with van der Waals surface area (Å²) >= 11 is 3.48. The van der Waals surface area contributed by atoms with Crippen molar-refractivity contribution in [1.29, 1.82) is 0 Å². The van der Waals surface area contributed by atoms with Crippen LogP contribution in [0.3, 0.4) is 0 Å². The van der Waals surface area contributed by atoms with Crippen LogP contribution in [0.1, 0.15) is 24.2 Å². The summed E-state index contributed by atoms with van der Waals surface area (Å²) in [7, 11) is 0. The quantitative estimate of drug-likeness (QED) is 0.825. The van der Waals surface area contributed by atoms with Crippen LogP contribution in [0.25, 0.3) is 0 Å². The molecular formula is C11H15BrN2O2. The molecule has 0 saturated carbocycles. The Kier molecular flexibility index (Phi) is 4.73. The van der Waals surface area contributed by atoms with Gasteiger partial charge in [0.1, 0.15) is 0 Å². The molecule has 2 N–H and O–H groups in total. The van der Waals surface area contributed by atoms with Crippen molar-refractivity contribution in [3.63, 3.8) is 0 Å². The third-order valence-corrected chi connectivity index (χ3v) is 3.61. The van der Waals surface area contributed by atoms with Gasteiger partial charge in [-0.15, -0.1) is 0 Å². The number of aromatic amines is 1. The molecule has 0 radical (unpaired) electrons. The van der Waals surface area contributed by atoms with E-state index >= 15 is 0 Å². The predicted octanol–water partition coefficient (Wildman–Crippen LogP) is 1.52. The molecule has 1 heterocycles. The first-order valence-electron chi connectivity index (χ1n) is 5.11. The molecule has 0 aliphatic heterocycles. The van der Waals surface area contributed by atoms with Crippen molar-refractivity contribution in [2.24, 2.45) is 5.92 Å². The fourth-order valence-corrected chi connectivity index (χ4v) is 1.24. The number of hydrogen-bond acceptors (Lipinski definition) is 2. The van der Waals surface area contributed by atoms with Gasteiger partial charge in [0.05, 0.1) is 5.56 Å². The van der Waals surface area contributed by atoms with Crippen LogP contribution >= 0.6 is 15.9 Å². The SMILES string of the molecule is CC(C)C(Br)CNC(=O)c1ccc(=O)[nH]c1. The van der Waals surface area contributed by atoms with Crippen LogP contribution in [0, 0.1) is 5.92 Å². The van der Waals surface area contributed by atoms with Crippen LogP contribution in [0.2, 0.25) is 0 Å². The normalized spacial score (nSPS) is 12.5. The Morgan fingerprint density at radius 2 is 2.19 bits per heavy atom. The van der Waals surface area contributed by atoms with E-state index in [2.05, 4.69) is 40.1 Å². The maximum atomic E-state index is 11.6. The number of aromatic nitrogens is 1. The van der Waals surface area contributed by atoms with Gasteiger partial charge in [0.25, 0.3) is 5.91 Å². The van der Waals surface area contributed by atoms with Crippen molar-refractivity contribution in [2.45, 2.75) is 18.7 Å². The van der Waals surface area contributed by atoms with Crippen LogP contribution in [0.5, 0.6) is 0 Å². The van der Waals surface area contributed by atoms with Gasteiger partial charge >= 0.3 is 0 Å². The molecule has 0 fully saturated rings. The molecule has 1 aromatic heterocycles. The summed E-state index contributed by atoms with van der Waals surface area (Å²) in [6.45, 7) is 4.72. The minimum absolute atomic E-state index is 0.179. The second-order valence-corrected chi connectivity index (χ2v) is 5.09. The summed E-state index contributed by atoms with van der Waals surface area (Å²) in [4.78, 5) is 25.1. The van der Waals surface area contributed by atoms with E-state index in [9.17, 15) is 9.59 Å². The molecule has 0 aliphatic rings. The van der Waals surface area contributed by atoms with Gasteiger partial charge in [-0.1, -0.05) is 29.8 Å². The van der Waals surface area contributed by atoms with Crippen LogP contribution < -0.4 is 10.9 Å². The summed E-state index contributed by atoms with van der Waals surface area (Å²) in [5.41, 5.74) is 0.250. The zero-order chi connectivity index (χ0) is 12.1. The summed E-state index contributed by atoms with van der Waals surface area (Å²) < 4.78 is 0. The van der Waals surface area contributed by atoms with E-state index in [1.165, 1.54) is 18.3 Å². The lowest BCUT2D eigenvalue weighted by Crippen LogP contribution is -2.32. The number of alkyl halides is 1. The highest BCUT2D eigenvalue weighted by Gasteiger charge is 2.11. The first-order chi connectivity index (χ1) is 7.50. The van der Waals surface area contributed by atoms with E-state index in [0.717, 1.165) is 0 Å². The Bertz CT molecular complexity index is 394. The highest BCUT2D eigenvalue weighted by Crippen LogP contribution is 2.10. The van der Waals surface area contributed by atoms with Crippen molar-refractivity contribution < 1.29 is 4.79 Å². The fourth-order valence-electron chi connectivity index (χ4n) is 1.08. The largest absolute Gasteiger partial charge is 0.351 e. The third-order valence-electron chi connectivity index (χ3n) is 2.23. The van der Waals surface area contributed by atoms with Crippen LogP contribution in [-0.4, -0.2) is 22.3 Å². The zero-order valence-electron chi connectivity index (χ0n) is 9.29. The number of carbonyl (C=O) groups is 1. The molecule has 5 heteroatoms. The Morgan fingerprint density at radius 1 is 1.50 bits per heavy atom. The van der Waals surface area contributed by atoms with Gasteiger partial charge in [-0.05, 0) is 12.0 Å². The van der Waals surface area contributed by atoms with Gasteiger partial charge in [-0.3, -0.25) is 9.59 Å². The van der Waals surface area contributed by atoms with E-state index in [0.29, 0.717) is 18.0 Å². The molecule has 1 rings (SSSR count). The van der Waals surface area contributed by atoms with E-state index in [1.54, 1.807) is 0 Å². The predicted molar refractivity (Wildman–Crippen MR) is 66.9 cm³/mol. The number of nitrogens with one attached hydrogen (secondary N) is 2. The Balaban J connectivity index is 2.53. The zero-order valence-corrected chi connectivity index (χ0v) is 10.9. The maximum Gasteiger partial charge on any atom is 0.252 e. The first-order valence-corrected chi connectivity index (χ1v) is 6.03. The molecule has 0 aliphatic carbocycles. The van der Waals surface area contributed by atoms with Crippen molar-refractivity contribution in [3.8, 4) is 0 Å². The molecule has 1 aromatic rings. The second kappa shape index (κ2) is 5.84. The summed E-state index contributed by atoms with van der Waals surface area (Å²) in [6.07, 6.45) is 1.41. The highest BCUT2D eigenvalue weighted by atomic mass is 79.9. The number of H-pyrrole nitrogens is 1. The number of carbonyl (C=O) groups excluding carboxylic acids is 1. The van der Waals surface area contributed by atoms with E-state index in [4.69, 9.17) is 0 Å². The molecule has 16 heavy (non-hydrogen) atoms. The van der Waals surface area contributed by atoms with Crippen LogP contribution in [0.4, 0.5) is 0 Å². The Hall–Kier alpha value is -1.10. The van der Waals surface area contributed by atoms with Crippen molar-refractivity contribution >= 4 is 21.8 Å². The molecule has 1 unspecified atom stereocenters. The third kappa shape index (κ3) is 3.81. The lowest BCUT2D eigenvalue weighted by atomic mass is 10.1. The lowest BCUT2D eigenvalue weighted by molar-refractivity contribution is 0.0952. The van der Waals surface area contributed by atoms with Crippen molar-refractivity contribution in [3.05, 3.63) is 34.2 Å². The number of rotatable bonds is 4. The topological polar surface area (TPSA) is 62.0 Å². The molecule has 88 valence electrons. The molecule has 0 bridgehead atoms. The first kappa shape index (κ1) is 13.0. The molecule has 0 spiro atoms. The number of pyridine rings is 1. The smallest absolute Gasteiger partial charge is 0.252 e. The molecule has 0 aromatic carbocycles. The van der Waals surface area contributed by atoms with Gasteiger partial charge in [0.2, 0.25) is 5.56 Å². The Labute approximate surface area is 103 Å². The molecular weight excluding hydrogens is 272 g/mol. The Morgan fingerprint density at radius 3 is 2.69 bits per heavy atom. The van der Waals surface area contributed by atoms with Gasteiger partial charge in [-0.25, -0.2) is 0 Å². The summed E-state index contributed by atoms with van der Waals surface area (Å²) in [5.74, 6) is 0.275. The van der Waals surface area contributed by atoms with E-state index < -0.39 is 0 Å². The molecule has 0 saturated heterocycles. The van der Waals surface area contributed by atoms with Gasteiger partial charge in [0, 0.05) is 23.6 Å². The van der Waals surface area contributed by atoms with E-state index in [-0.39, 0.29) is 16.3 Å². The molecule has 1 amide bonds. The summed E-state index contributed by atoms with van der Waals surface area (Å²) in [5, 5.41) is 2.79. The number of amides is 1. The van der Waals surface area contributed by atoms with Crippen LogP contribution in [0.15, 0.2) is 23.1 Å². The minimum atomic E-state index is -0.211. The van der Waals surface area contributed by atoms with Gasteiger partial charge < -0.3 is 10.3 Å². The molecule has 4 nitrogen and oxygen atoms in total. The average molecular weight is 287 g/mol. The second-order valence-electron chi connectivity index (χ2n) is 3.91. The number of halogens is 1. The van der Waals surface area contributed by atoms with Crippen molar-refractivity contribution in [1.82, 2.24) is 10.3 Å².